The molecule has 2 rings (SSSR count). The van der Waals surface area contributed by atoms with Crippen molar-refractivity contribution in [2.24, 2.45) is 0 Å². The summed E-state index contributed by atoms with van der Waals surface area (Å²) in [6.07, 6.45) is 1.53. The van der Waals surface area contributed by atoms with Crippen LogP contribution in [-0.4, -0.2) is 14.3 Å². The number of aryl methyl sites for hydroxylation is 1. The quantitative estimate of drug-likeness (QED) is 0.811. The number of anilines is 1. The van der Waals surface area contributed by atoms with Crippen molar-refractivity contribution in [2.75, 3.05) is 4.72 Å². The Morgan fingerprint density at radius 1 is 1.43 bits per heavy atom. The third-order valence-electron chi connectivity index (χ3n) is 1.47. The second-order valence-corrected chi connectivity index (χ2v) is 4.17. The molecule has 0 amide bonds. The van der Waals surface area contributed by atoms with Crippen molar-refractivity contribution in [1.29, 1.82) is 0 Å². The van der Waals surface area contributed by atoms with Crippen LogP contribution in [-0.2, 0) is 0 Å². The van der Waals surface area contributed by atoms with Crippen molar-refractivity contribution in [3.05, 3.63) is 30.2 Å². The SMILES string of the molecule is Cc1cccc(SNc2ncns2)n1. The van der Waals surface area contributed by atoms with E-state index in [1.54, 1.807) is 0 Å². The molecule has 0 unspecified atom stereocenters. The summed E-state index contributed by atoms with van der Waals surface area (Å²) >= 11 is 2.76. The minimum absolute atomic E-state index is 0.790. The number of nitrogens with zero attached hydrogens (tertiary/aromatic N) is 3. The zero-order chi connectivity index (χ0) is 9.80. The topological polar surface area (TPSA) is 50.7 Å². The van der Waals surface area contributed by atoms with Gasteiger partial charge in [0, 0.05) is 29.2 Å². The predicted molar refractivity (Wildman–Crippen MR) is 58.4 cm³/mol. The van der Waals surface area contributed by atoms with Gasteiger partial charge in [-0.2, -0.15) is 4.37 Å². The van der Waals surface area contributed by atoms with Gasteiger partial charge in [0.1, 0.15) is 11.4 Å². The van der Waals surface area contributed by atoms with Crippen molar-refractivity contribution in [3.63, 3.8) is 0 Å². The van der Waals surface area contributed by atoms with E-state index in [9.17, 15) is 0 Å². The fraction of sp³-hybridized carbons (Fsp3) is 0.125. The third-order valence-corrected chi connectivity index (χ3v) is 2.91. The largest absolute Gasteiger partial charge is 0.299 e. The van der Waals surface area contributed by atoms with Crippen LogP contribution in [0.3, 0.4) is 0 Å². The first-order valence-corrected chi connectivity index (χ1v) is 5.57. The molecule has 2 aromatic rings. The van der Waals surface area contributed by atoms with E-state index in [1.165, 1.54) is 29.8 Å². The smallest absolute Gasteiger partial charge is 0.212 e. The van der Waals surface area contributed by atoms with Crippen molar-refractivity contribution < 1.29 is 0 Å². The second-order valence-electron chi connectivity index (χ2n) is 2.57. The average molecular weight is 224 g/mol. The standard InChI is InChI=1S/C8H8N4S2/c1-6-3-2-4-7(11-6)13-12-8-9-5-10-14-8/h2-5H,1H3,(H,9,10,12). The van der Waals surface area contributed by atoms with Gasteiger partial charge in [0.2, 0.25) is 5.13 Å². The van der Waals surface area contributed by atoms with E-state index in [0.29, 0.717) is 0 Å². The van der Waals surface area contributed by atoms with Gasteiger partial charge in [-0.25, -0.2) is 9.97 Å². The van der Waals surface area contributed by atoms with Crippen molar-refractivity contribution in [3.8, 4) is 0 Å². The maximum Gasteiger partial charge on any atom is 0.212 e. The van der Waals surface area contributed by atoms with E-state index in [-0.39, 0.29) is 0 Å². The molecule has 0 atom stereocenters. The Morgan fingerprint density at radius 2 is 2.36 bits per heavy atom. The van der Waals surface area contributed by atoms with Gasteiger partial charge >= 0.3 is 0 Å². The lowest BCUT2D eigenvalue weighted by atomic mass is 10.4. The molecule has 0 aliphatic heterocycles. The molecule has 14 heavy (non-hydrogen) atoms. The first-order valence-electron chi connectivity index (χ1n) is 3.98. The van der Waals surface area contributed by atoms with Gasteiger partial charge in [-0.3, -0.25) is 4.72 Å². The first kappa shape index (κ1) is 9.42. The first-order chi connectivity index (χ1) is 6.84. The lowest BCUT2D eigenvalue weighted by Crippen LogP contribution is -1.88. The van der Waals surface area contributed by atoms with Crippen LogP contribution in [0.2, 0.25) is 0 Å². The summed E-state index contributed by atoms with van der Waals surface area (Å²) in [5.74, 6) is 0. The fourth-order valence-corrected chi connectivity index (χ4v) is 2.03. The molecule has 0 aliphatic rings. The van der Waals surface area contributed by atoms with Crippen LogP contribution in [0.5, 0.6) is 0 Å². The van der Waals surface area contributed by atoms with Gasteiger partial charge in [-0.15, -0.1) is 0 Å². The Labute approximate surface area is 90.1 Å². The molecule has 0 saturated carbocycles. The number of nitrogens with one attached hydrogen (secondary N) is 1. The second kappa shape index (κ2) is 4.39. The molecule has 0 aromatic carbocycles. The maximum absolute atomic E-state index is 4.33. The van der Waals surface area contributed by atoms with Gasteiger partial charge in [0.05, 0.1) is 0 Å². The highest BCUT2D eigenvalue weighted by Crippen LogP contribution is 2.19. The van der Waals surface area contributed by atoms with E-state index >= 15 is 0 Å². The van der Waals surface area contributed by atoms with Crippen LogP contribution < -0.4 is 4.72 Å². The van der Waals surface area contributed by atoms with Gasteiger partial charge in [-0.1, -0.05) is 6.07 Å². The van der Waals surface area contributed by atoms with E-state index in [2.05, 4.69) is 19.1 Å². The summed E-state index contributed by atoms with van der Waals surface area (Å²) in [7, 11) is 0. The van der Waals surface area contributed by atoms with E-state index in [0.717, 1.165) is 15.9 Å². The van der Waals surface area contributed by atoms with Gasteiger partial charge in [0.15, 0.2) is 0 Å². The summed E-state index contributed by atoms with van der Waals surface area (Å²) < 4.78 is 6.95. The summed E-state index contributed by atoms with van der Waals surface area (Å²) in [5.41, 5.74) is 1.01. The number of hydrogen-bond acceptors (Lipinski definition) is 6. The zero-order valence-electron chi connectivity index (χ0n) is 7.47. The molecule has 2 aromatic heterocycles. The molecule has 0 bridgehead atoms. The average Bonchev–Trinajstić information content (AvgIpc) is 2.67. The minimum Gasteiger partial charge on any atom is -0.299 e. The highest BCUT2D eigenvalue weighted by Gasteiger charge is 1.98. The Balaban J connectivity index is 1.98. The third kappa shape index (κ3) is 2.43. The van der Waals surface area contributed by atoms with E-state index in [4.69, 9.17) is 0 Å². The number of hydrogen-bond donors (Lipinski definition) is 1. The fourth-order valence-electron chi connectivity index (χ4n) is 0.889. The zero-order valence-corrected chi connectivity index (χ0v) is 9.10. The highest BCUT2D eigenvalue weighted by atomic mass is 32.2. The van der Waals surface area contributed by atoms with Crippen molar-refractivity contribution >= 4 is 28.6 Å². The molecule has 0 fully saturated rings. The minimum atomic E-state index is 0.790. The molecule has 0 aliphatic carbocycles. The van der Waals surface area contributed by atoms with Crippen LogP contribution in [0.15, 0.2) is 29.6 Å². The van der Waals surface area contributed by atoms with Gasteiger partial charge < -0.3 is 0 Å². The number of pyridine rings is 1. The molecule has 6 heteroatoms. The Morgan fingerprint density at radius 3 is 3.07 bits per heavy atom. The molecule has 4 nitrogen and oxygen atoms in total. The Hall–Kier alpha value is -1.14. The van der Waals surface area contributed by atoms with Crippen LogP contribution in [0.1, 0.15) is 5.69 Å². The van der Waals surface area contributed by atoms with E-state index < -0.39 is 0 Å². The normalized spacial score (nSPS) is 10.1. The molecule has 2 heterocycles. The summed E-state index contributed by atoms with van der Waals surface area (Å²) in [5, 5.41) is 1.72. The Kier molecular flexibility index (Phi) is 2.95. The highest BCUT2D eigenvalue weighted by molar-refractivity contribution is 8.00. The van der Waals surface area contributed by atoms with Crippen LogP contribution >= 0.6 is 23.5 Å². The number of aromatic nitrogens is 3. The lowest BCUT2D eigenvalue weighted by Gasteiger charge is -2.00. The molecule has 72 valence electrons. The molecule has 0 radical (unpaired) electrons. The Bertz CT molecular complexity index is 401. The van der Waals surface area contributed by atoms with E-state index in [1.807, 2.05) is 25.1 Å². The molecule has 1 N–H and O–H groups in total. The monoisotopic (exact) mass is 224 g/mol. The molecular weight excluding hydrogens is 216 g/mol. The van der Waals surface area contributed by atoms with Crippen LogP contribution in [0.4, 0.5) is 5.13 Å². The molecular formula is C8H8N4S2. The van der Waals surface area contributed by atoms with Gasteiger partial charge in [-0.05, 0) is 19.1 Å². The molecule has 0 saturated heterocycles. The lowest BCUT2D eigenvalue weighted by molar-refractivity contribution is 1.07. The van der Waals surface area contributed by atoms with Crippen molar-refractivity contribution in [2.45, 2.75) is 11.9 Å². The van der Waals surface area contributed by atoms with Crippen molar-refractivity contribution in [1.82, 2.24) is 14.3 Å². The molecule has 0 spiro atoms. The van der Waals surface area contributed by atoms with Gasteiger partial charge in [0.25, 0.3) is 0 Å². The summed E-state index contributed by atoms with van der Waals surface area (Å²) in [6.45, 7) is 1.97. The maximum atomic E-state index is 4.33. The van der Waals surface area contributed by atoms with Crippen LogP contribution in [0.25, 0.3) is 0 Å². The predicted octanol–water partition coefficient (Wildman–Crippen LogP) is 2.36. The van der Waals surface area contributed by atoms with Crippen LogP contribution in [0, 0.1) is 6.92 Å². The summed E-state index contributed by atoms with van der Waals surface area (Å²) in [4.78, 5) is 8.33. The number of rotatable bonds is 3. The summed E-state index contributed by atoms with van der Waals surface area (Å²) in [6, 6.07) is 5.90.